The number of carbonyl (C=O) groups excluding carboxylic acids is 1. The van der Waals surface area contributed by atoms with Gasteiger partial charge in [-0.1, -0.05) is 6.07 Å². The fourth-order valence-corrected chi connectivity index (χ4v) is 1.78. The summed E-state index contributed by atoms with van der Waals surface area (Å²) in [6.45, 7) is 0.232. The van der Waals surface area contributed by atoms with Crippen LogP contribution in [-0.2, 0) is 6.54 Å². The van der Waals surface area contributed by atoms with E-state index in [1.807, 2.05) is 0 Å². The van der Waals surface area contributed by atoms with Crippen LogP contribution in [0.15, 0.2) is 39.2 Å². The van der Waals surface area contributed by atoms with Gasteiger partial charge < -0.3 is 20.6 Å². The number of phenolic OH excluding ortho intramolecular Hbond substituents is 1. The standard InChI is InChI=1S/C12H11BrN2O3/c13-8-2-1-3-9(11(8)16)15-12(17)10-5-4-7(6-14)18-10/h1-5,16H,6,14H2,(H,15,17). The Labute approximate surface area is 112 Å². The van der Waals surface area contributed by atoms with Crippen LogP contribution in [0, 0.1) is 0 Å². The van der Waals surface area contributed by atoms with E-state index in [0.717, 1.165) is 0 Å². The molecular weight excluding hydrogens is 300 g/mol. The van der Waals surface area contributed by atoms with Crippen LogP contribution in [0.3, 0.4) is 0 Å². The molecule has 0 saturated heterocycles. The van der Waals surface area contributed by atoms with Crippen molar-refractivity contribution in [2.45, 2.75) is 6.54 Å². The van der Waals surface area contributed by atoms with Gasteiger partial charge in [0.05, 0.1) is 16.7 Å². The first-order valence-corrected chi connectivity index (χ1v) is 5.98. The number of rotatable bonds is 3. The maximum absolute atomic E-state index is 11.8. The number of anilines is 1. The van der Waals surface area contributed by atoms with E-state index in [1.54, 1.807) is 24.3 Å². The Morgan fingerprint density at radius 1 is 1.39 bits per heavy atom. The van der Waals surface area contributed by atoms with Crippen molar-refractivity contribution >= 4 is 27.5 Å². The van der Waals surface area contributed by atoms with Gasteiger partial charge in [0.25, 0.3) is 5.91 Å². The minimum absolute atomic E-state index is 0.0311. The maximum Gasteiger partial charge on any atom is 0.291 e. The second kappa shape index (κ2) is 5.24. The topological polar surface area (TPSA) is 88.5 Å². The number of aromatic hydroxyl groups is 1. The molecule has 0 saturated carbocycles. The molecule has 0 radical (unpaired) electrons. The van der Waals surface area contributed by atoms with Gasteiger partial charge in [-0.15, -0.1) is 0 Å². The predicted molar refractivity (Wildman–Crippen MR) is 70.4 cm³/mol. The summed E-state index contributed by atoms with van der Waals surface area (Å²) in [6, 6.07) is 8.13. The summed E-state index contributed by atoms with van der Waals surface area (Å²) < 4.78 is 5.71. The van der Waals surface area contributed by atoms with Crippen LogP contribution in [0.25, 0.3) is 0 Å². The molecule has 2 rings (SSSR count). The minimum Gasteiger partial charge on any atom is -0.505 e. The average molecular weight is 311 g/mol. The third-order valence-electron chi connectivity index (χ3n) is 2.32. The van der Waals surface area contributed by atoms with Gasteiger partial charge in [0.2, 0.25) is 0 Å². The molecule has 1 amide bonds. The van der Waals surface area contributed by atoms with E-state index in [0.29, 0.717) is 15.9 Å². The summed E-state index contributed by atoms with van der Waals surface area (Å²) in [5, 5.41) is 12.3. The lowest BCUT2D eigenvalue weighted by molar-refractivity contribution is 0.0994. The van der Waals surface area contributed by atoms with Crippen LogP contribution < -0.4 is 11.1 Å². The average Bonchev–Trinajstić information content (AvgIpc) is 2.83. The SMILES string of the molecule is NCc1ccc(C(=O)Nc2cccc(Br)c2O)o1. The number of nitrogens with two attached hydrogens (primary N) is 1. The van der Waals surface area contributed by atoms with E-state index in [9.17, 15) is 9.90 Å². The van der Waals surface area contributed by atoms with Crippen LogP contribution in [0.2, 0.25) is 0 Å². The Morgan fingerprint density at radius 3 is 2.83 bits per heavy atom. The lowest BCUT2D eigenvalue weighted by Crippen LogP contribution is -2.11. The zero-order valence-electron chi connectivity index (χ0n) is 9.31. The molecular formula is C12H11BrN2O3. The first-order valence-electron chi connectivity index (χ1n) is 5.19. The Kier molecular flexibility index (Phi) is 3.69. The summed E-state index contributed by atoms with van der Waals surface area (Å²) in [7, 11) is 0. The van der Waals surface area contributed by atoms with E-state index in [2.05, 4.69) is 21.2 Å². The molecule has 1 aromatic heterocycles. The third-order valence-corrected chi connectivity index (χ3v) is 2.96. The quantitative estimate of drug-likeness (QED) is 0.760. The molecule has 0 bridgehead atoms. The van der Waals surface area contributed by atoms with Crippen LogP contribution >= 0.6 is 15.9 Å². The summed E-state index contributed by atoms with van der Waals surface area (Å²) in [6.07, 6.45) is 0. The number of hydrogen-bond acceptors (Lipinski definition) is 4. The van der Waals surface area contributed by atoms with Gasteiger partial charge in [-0.2, -0.15) is 0 Å². The van der Waals surface area contributed by atoms with Crippen LogP contribution in [0.5, 0.6) is 5.75 Å². The van der Waals surface area contributed by atoms with Crippen molar-refractivity contribution in [3.8, 4) is 5.75 Å². The zero-order valence-corrected chi connectivity index (χ0v) is 10.9. The number of hydrogen-bond donors (Lipinski definition) is 3. The van der Waals surface area contributed by atoms with Gasteiger partial charge in [-0.3, -0.25) is 4.79 Å². The van der Waals surface area contributed by atoms with Gasteiger partial charge >= 0.3 is 0 Å². The number of carbonyl (C=O) groups is 1. The molecule has 0 aliphatic rings. The highest BCUT2D eigenvalue weighted by atomic mass is 79.9. The van der Waals surface area contributed by atoms with Crippen molar-refractivity contribution in [1.82, 2.24) is 0 Å². The van der Waals surface area contributed by atoms with E-state index in [4.69, 9.17) is 10.2 Å². The zero-order chi connectivity index (χ0) is 13.1. The number of benzene rings is 1. The van der Waals surface area contributed by atoms with E-state index < -0.39 is 5.91 Å². The van der Waals surface area contributed by atoms with Gasteiger partial charge in [0.1, 0.15) is 5.76 Å². The molecule has 0 fully saturated rings. The fourth-order valence-electron chi connectivity index (χ4n) is 1.41. The van der Waals surface area contributed by atoms with Crippen molar-refractivity contribution in [3.63, 3.8) is 0 Å². The largest absolute Gasteiger partial charge is 0.505 e. The molecule has 1 aromatic carbocycles. The van der Waals surface area contributed by atoms with Gasteiger partial charge in [-0.05, 0) is 40.2 Å². The number of amides is 1. The van der Waals surface area contributed by atoms with E-state index in [1.165, 1.54) is 6.07 Å². The second-order valence-electron chi connectivity index (χ2n) is 3.56. The van der Waals surface area contributed by atoms with Gasteiger partial charge in [0, 0.05) is 0 Å². The minimum atomic E-state index is -0.442. The van der Waals surface area contributed by atoms with E-state index in [-0.39, 0.29) is 18.1 Å². The molecule has 18 heavy (non-hydrogen) atoms. The van der Waals surface area contributed by atoms with Crippen molar-refractivity contribution in [3.05, 3.63) is 46.3 Å². The maximum atomic E-state index is 11.8. The van der Waals surface area contributed by atoms with Crippen LogP contribution in [-0.4, -0.2) is 11.0 Å². The molecule has 2 aromatic rings. The van der Waals surface area contributed by atoms with Crippen LogP contribution in [0.4, 0.5) is 5.69 Å². The lowest BCUT2D eigenvalue weighted by atomic mass is 10.3. The summed E-state index contributed by atoms with van der Waals surface area (Å²) in [5.74, 6) is 0.202. The fraction of sp³-hybridized carbons (Fsp3) is 0.0833. The molecule has 0 unspecified atom stereocenters. The smallest absolute Gasteiger partial charge is 0.291 e. The normalized spacial score (nSPS) is 10.3. The molecule has 0 spiro atoms. The van der Waals surface area contributed by atoms with Crippen molar-refractivity contribution in [2.75, 3.05) is 5.32 Å². The molecule has 0 aliphatic heterocycles. The van der Waals surface area contributed by atoms with Gasteiger partial charge in [-0.25, -0.2) is 0 Å². The van der Waals surface area contributed by atoms with Crippen molar-refractivity contribution < 1.29 is 14.3 Å². The highest BCUT2D eigenvalue weighted by Gasteiger charge is 2.13. The number of para-hydroxylation sites is 1. The summed E-state index contributed by atoms with van der Waals surface area (Å²) in [4.78, 5) is 11.8. The first-order chi connectivity index (χ1) is 8.61. The lowest BCUT2D eigenvalue weighted by Gasteiger charge is -2.06. The Bertz CT molecular complexity index is 580. The molecule has 4 N–H and O–H groups in total. The monoisotopic (exact) mass is 310 g/mol. The molecule has 0 aliphatic carbocycles. The predicted octanol–water partition coefficient (Wildman–Crippen LogP) is 2.46. The number of halogens is 1. The van der Waals surface area contributed by atoms with Crippen molar-refractivity contribution in [2.24, 2.45) is 5.73 Å². The van der Waals surface area contributed by atoms with Gasteiger partial charge in [0.15, 0.2) is 11.5 Å². The Balaban J connectivity index is 2.18. The molecule has 1 heterocycles. The van der Waals surface area contributed by atoms with Crippen molar-refractivity contribution in [1.29, 1.82) is 0 Å². The Morgan fingerprint density at radius 2 is 2.17 bits per heavy atom. The number of phenols is 1. The highest BCUT2D eigenvalue weighted by Crippen LogP contribution is 2.31. The highest BCUT2D eigenvalue weighted by molar-refractivity contribution is 9.10. The molecule has 5 nitrogen and oxygen atoms in total. The number of furan rings is 1. The third kappa shape index (κ3) is 2.55. The summed E-state index contributed by atoms with van der Waals surface area (Å²) in [5.41, 5.74) is 5.69. The van der Waals surface area contributed by atoms with E-state index >= 15 is 0 Å². The number of nitrogens with one attached hydrogen (secondary N) is 1. The molecule has 0 atom stereocenters. The summed E-state index contributed by atoms with van der Waals surface area (Å²) >= 11 is 3.17. The second-order valence-corrected chi connectivity index (χ2v) is 4.41. The molecule has 94 valence electrons. The first kappa shape index (κ1) is 12.7. The Hall–Kier alpha value is -1.79. The van der Waals surface area contributed by atoms with Crippen LogP contribution in [0.1, 0.15) is 16.3 Å². The molecule has 6 heteroatoms.